The number of hydrogen-bond acceptors (Lipinski definition) is 4. The summed E-state index contributed by atoms with van der Waals surface area (Å²) in [5, 5.41) is 6.88. The minimum absolute atomic E-state index is 0. The molecule has 8 heteroatoms. The van der Waals surface area contributed by atoms with Crippen LogP contribution in [0.3, 0.4) is 0 Å². The average molecular weight is 527 g/mol. The van der Waals surface area contributed by atoms with Crippen LogP contribution in [0.1, 0.15) is 25.8 Å². The van der Waals surface area contributed by atoms with Gasteiger partial charge >= 0.3 is 0 Å². The van der Waals surface area contributed by atoms with Gasteiger partial charge in [0.15, 0.2) is 17.6 Å². The van der Waals surface area contributed by atoms with Crippen molar-refractivity contribution in [3.8, 4) is 5.75 Å². The van der Waals surface area contributed by atoms with E-state index in [4.69, 9.17) is 4.74 Å². The van der Waals surface area contributed by atoms with Crippen molar-refractivity contribution in [3.63, 3.8) is 0 Å². The van der Waals surface area contributed by atoms with Gasteiger partial charge in [0, 0.05) is 44.3 Å². The number of hydrogen-bond donors (Lipinski definition) is 2. The van der Waals surface area contributed by atoms with Gasteiger partial charge < -0.3 is 20.3 Å². The Labute approximate surface area is 195 Å². The van der Waals surface area contributed by atoms with Crippen LogP contribution in [0, 0.1) is 5.82 Å². The van der Waals surface area contributed by atoms with Crippen LogP contribution in [0.5, 0.6) is 5.75 Å². The van der Waals surface area contributed by atoms with Gasteiger partial charge in [-0.3, -0.25) is 4.99 Å². The summed E-state index contributed by atoms with van der Waals surface area (Å²) in [5.41, 5.74) is 1.14. The van der Waals surface area contributed by atoms with E-state index in [9.17, 15) is 4.39 Å². The molecule has 6 nitrogen and oxygen atoms in total. The number of pyridine rings is 1. The maximum absolute atomic E-state index is 14.0. The fourth-order valence-corrected chi connectivity index (χ4v) is 3.52. The van der Waals surface area contributed by atoms with Crippen molar-refractivity contribution in [2.75, 3.05) is 38.7 Å². The molecule has 1 aromatic heterocycles. The number of aliphatic imine (C=N–C) groups is 1. The van der Waals surface area contributed by atoms with Gasteiger partial charge in [-0.05, 0) is 36.2 Å². The smallest absolute Gasteiger partial charge is 0.191 e. The lowest BCUT2D eigenvalue weighted by Crippen LogP contribution is -2.48. The van der Waals surface area contributed by atoms with Crippen LogP contribution in [0.2, 0.25) is 0 Å². The Balaban J connectivity index is 0.00000320. The summed E-state index contributed by atoms with van der Waals surface area (Å²) in [6, 6.07) is 11.4. The molecule has 1 aromatic carbocycles. The zero-order valence-electron chi connectivity index (χ0n) is 18.0. The van der Waals surface area contributed by atoms with Crippen molar-refractivity contribution in [1.29, 1.82) is 0 Å². The van der Waals surface area contributed by atoms with Gasteiger partial charge in [0.05, 0.1) is 7.11 Å². The molecule has 1 atom stereocenters. The maximum atomic E-state index is 14.0. The first kappa shape index (κ1) is 24.2. The lowest BCUT2D eigenvalue weighted by Gasteiger charge is -2.28. The third kappa shape index (κ3) is 5.96. The number of methoxy groups -OCH3 is 1. The Bertz CT molecular complexity index is 844. The normalized spacial score (nSPS) is 16.8. The average Bonchev–Trinajstić information content (AvgIpc) is 3.19. The zero-order chi connectivity index (χ0) is 20.9. The van der Waals surface area contributed by atoms with E-state index < -0.39 is 0 Å². The molecule has 1 unspecified atom stereocenters. The molecule has 0 spiro atoms. The van der Waals surface area contributed by atoms with Crippen LogP contribution in [0.4, 0.5) is 10.2 Å². The Morgan fingerprint density at radius 2 is 2.03 bits per heavy atom. The van der Waals surface area contributed by atoms with Gasteiger partial charge in [-0.2, -0.15) is 0 Å². The molecular formula is C22H31FIN5O. The van der Waals surface area contributed by atoms with Crippen LogP contribution in [-0.4, -0.2) is 50.8 Å². The molecule has 0 amide bonds. The fourth-order valence-electron chi connectivity index (χ4n) is 3.52. The molecule has 1 aliphatic rings. The van der Waals surface area contributed by atoms with E-state index in [0.29, 0.717) is 12.4 Å². The number of rotatable bonds is 6. The number of ether oxygens (including phenoxy) is 1. The first-order valence-corrected chi connectivity index (χ1v) is 9.90. The Morgan fingerprint density at radius 3 is 2.67 bits per heavy atom. The molecule has 30 heavy (non-hydrogen) atoms. The maximum Gasteiger partial charge on any atom is 0.191 e. The summed E-state index contributed by atoms with van der Waals surface area (Å²) in [6.07, 6.45) is 2.53. The first-order valence-electron chi connectivity index (χ1n) is 9.90. The van der Waals surface area contributed by atoms with E-state index in [1.165, 1.54) is 11.6 Å². The number of benzene rings is 1. The van der Waals surface area contributed by atoms with E-state index >= 15 is 0 Å². The summed E-state index contributed by atoms with van der Waals surface area (Å²) in [7, 11) is 3.44. The van der Waals surface area contributed by atoms with Crippen molar-refractivity contribution in [2.45, 2.75) is 31.7 Å². The predicted molar refractivity (Wildman–Crippen MR) is 131 cm³/mol. The summed E-state index contributed by atoms with van der Waals surface area (Å²) >= 11 is 0. The van der Waals surface area contributed by atoms with E-state index in [0.717, 1.165) is 31.2 Å². The van der Waals surface area contributed by atoms with E-state index in [-0.39, 0.29) is 41.3 Å². The van der Waals surface area contributed by atoms with E-state index in [1.54, 1.807) is 26.4 Å². The molecule has 3 rings (SSSR count). The van der Waals surface area contributed by atoms with Crippen molar-refractivity contribution in [1.82, 2.24) is 15.6 Å². The van der Waals surface area contributed by atoms with Gasteiger partial charge in [-0.25, -0.2) is 9.37 Å². The second-order valence-electron chi connectivity index (χ2n) is 7.92. The summed E-state index contributed by atoms with van der Waals surface area (Å²) in [6.45, 7) is 6.56. The standard InChI is InChI=1S/C22H30FN5O.HI/c1-22(2,16-7-9-18(29-4)10-8-16)15-26-21(24-3)27-17-11-13-28(14-17)20-19(23)6-5-12-25-20;/h5-10,12,17H,11,13-15H2,1-4H3,(H2,24,26,27);1H. The number of guanidine groups is 1. The molecule has 1 aliphatic heterocycles. The molecule has 1 saturated heterocycles. The minimum atomic E-state index is -0.281. The number of halogens is 2. The third-order valence-electron chi connectivity index (χ3n) is 5.36. The molecule has 2 N–H and O–H groups in total. The lowest BCUT2D eigenvalue weighted by atomic mass is 9.84. The summed E-state index contributed by atoms with van der Waals surface area (Å²) in [5.74, 6) is 1.74. The molecule has 164 valence electrons. The Hall–Kier alpha value is -2.10. The van der Waals surface area contributed by atoms with Crippen molar-refractivity contribution in [2.24, 2.45) is 4.99 Å². The van der Waals surface area contributed by atoms with E-state index in [2.05, 4.69) is 46.6 Å². The van der Waals surface area contributed by atoms with Gasteiger partial charge in [0.1, 0.15) is 5.75 Å². The second kappa shape index (κ2) is 10.8. The quantitative estimate of drug-likeness (QED) is 0.342. The molecule has 0 radical (unpaired) electrons. The van der Waals surface area contributed by atoms with Gasteiger partial charge in [0.2, 0.25) is 0 Å². The number of nitrogens with zero attached hydrogens (tertiary/aromatic N) is 3. The highest BCUT2D eigenvalue weighted by atomic mass is 127. The highest BCUT2D eigenvalue weighted by molar-refractivity contribution is 14.0. The largest absolute Gasteiger partial charge is 0.497 e. The van der Waals surface area contributed by atoms with E-state index in [1.807, 2.05) is 17.0 Å². The third-order valence-corrected chi connectivity index (χ3v) is 5.36. The van der Waals surface area contributed by atoms with Gasteiger partial charge in [0.25, 0.3) is 0 Å². The lowest BCUT2D eigenvalue weighted by molar-refractivity contribution is 0.414. The predicted octanol–water partition coefficient (Wildman–Crippen LogP) is 3.57. The Morgan fingerprint density at radius 1 is 1.30 bits per heavy atom. The molecule has 1 fully saturated rings. The topological polar surface area (TPSA) is 61.8 Å². The van der Waals surface area contributed by atoms with Crippen LogP contribution in [-0.2, 0) is 5.41 Å². The minimum Gasteiger partial charge on any atom is -0.497 e. The van der Waals surface area contributed by atoms with Crippen molar-refractivity contribution < 1.29 is 9.13 Å². The molecule has 0 aliphatic carbocycles. The zero-order valence-corrected chi connectivity index (χ0v) is 20.3. The summed E-state index contributed by atoms with van der Waals surface area (Å²) in [4.78, 5) is 10.5. The first-order chi connectivity index (χ1) is 13.9. The number of anilines is 1. The monoisotopic (exact) mass is 527 g/mol. The Kier molecular flexibility index (Phi) is 8.69. The molecule has 2 heterocycles. The van der Waals surface area contributed by atoms with Gasteiger partial charge in [-0.15, -0.1) is 24.0 Å². The SMILES string of the molecule is CN=C(NCC(C)(C)c1ccc(OC)cc1)NC1CCN(c2ncccc2F)C1.I. The fraction of sp³-hybridized carbons (Fsp3) is 0.455. The molecule has 0 bridgehead atoms. The van der Waals surface area contributed by atoms with Crippen molar-refractivity contribution >= 4 is 35.8 Å². The highest BCUT2D eigenvalue weighted by Gasteiger charge is 2.27. The highest BCUT2D eigenvalue weighted by Crippen LogP contribution is 2.25. The van der Waals surface area contributed by atoms with Crippen LogP contribution < -0.4 is 20.3 Å². The van der Waals surface area contributed by atoms with Crippen LogP contribution >= 0.6 is 24.0 Å². The molecular weight excluding hydrogens is 496 g/mol. The number of aromatic nitrogens is 1. The van der Waals surface area contributed by atoms with Crippen LogP contribution in [0.25, 0.3) is 0 Å². The summed E-state index contributed by atoms with van der Waals surface area (Å²) < 4.78 is 19.2. The molecule has 2 aromatic rings. The van der Waals surface area contributed by atoms with Crippen LogP contribution in [0.15, 0.2) is 47.6 Å². The second-order valence-corrected chi connectivity index (χ2v) is 7.92. The number of nitrogens with one attached hydrogen (secondary N) is 2. The molecule has 0 saturated carbocycles. The van der Waals surface area contributed by atoms with Crippen molar-refractivity contribution in [3.05, 3.63) is 54.0 Å². The van der Waals surface area contributed by atoms with Gasteiger partial charge in [-0.1, -0.05) is 26.0 Å².